The van der Waals surface area contributed by atoms with Gasteiger partial charge in [0, 0.05) is 0 Å². The average molecular weight is 477 g/mol. The van der Waals surface area contributed by atoms with Gasteiger partial charge < -0.3 is 0 Å². The van der Waals surface area contributed by atoms with Gasteiger partial charge in [-0.1, -0.05) is 142 Å². The highest BCUT2D eigenvalue weighted by atomic mass is 28.3. The quantitative estimate of drug-likeness (QED) is 0.275. The van der Waals surface area contributed by atoms with Crippen LogP contribution in [-0.2, 0) is 0 Å². The van der Waals surface area contributed by atoms with Crippen LogP contribution in [-0.4, -0.2) is 16.1 Å². The number of hydrogen-bond donors (Lipinski definition) is 0. The Hall–Kier alpha value is 0.434. The topological polar surface area (TPSA) is 0 Å². The van der Waals surface area contributed by atoms with E-state index < -0.39 is 16.1 Å². The predicted octanol–water partition coefficient (Wildman–Crippen LogP) is 10.9. The van der Waals surface area contributed by atoms with Crippen LogP contribution in [0.15, 0.2) is 0 Å². The van der Waals surface area contributed by atoms with Gasteiger partial charge >= 0.3 is 0 Å². The molecule has 0 aromatic rings. The van der Waals surface area contributed by atoms with E-state index >= 15 is 0 Å². The fourth-order valence-corrected chi connectivity index (χ4v) is 15.9. The van der Waals surface area contributed by atoms with Crippen molar-refractivity contribution in [3.05, 3.63) is 0 Å². The molecule has 3 saturated carbocycles. The highest BCUT2D eigenvalue weighted by Gasteiger charge is 2.36. The van der Waals surface area contributed by atoms with E-state index in [1.54, 1.807) is 102 Å². The van der Waals surface area contributed by atoms with Crippen molar-refractivity contribution in [1.82, 2.24) is 0 Å². The van der Waals surface area contributed by atoms with Gasteiger partial charge in [0.05, 0.1) is 16.1 Å². The van der Waals surface area contributed by atoms with Crippen molar-refractivity contribution < 1.29 is 0 Å². The Morgan fingerprint density at radius 2 is 0.688 bits per heavy atom. The summed E-state index contributed by atoms with van der Waals surface area (Å²) in [4.78, 5) is 0. The summed E-state index contributed by atoms with van der Waals surface area (Å²) in [7, 11) is -1.86. The summed E-state index contributed by atoms with van der Waals surface area (Å²) in [6.07, 6.45) is 25.0. The van der Waals surface area contributed by atoms with Crippen LogP contribution in [0.1, 0.15) is 117 Å². The molecule has 0 bridgehead atoms. The summed E-state index contributed by atoms with van der Waals surface area (Å²) in [5.41, 5.74) is 2.28. The lowest BCUT2D eigenvalue weighted by molar-refractivity contribution is 0.181. The molecule has 3 rings (SSSR count). The van der Waals surface area contributed by atoms with Crippen molar-refractivity contribution in [1.29, 1.82) is 0 Å². The van der Waals surface area contributed by atoms with Gasteiger partial charge in [-0.25, -0.2) is 0 Å². The normalized spacial score (nSPS) is 35.1. The van der Waals surface area contributed by atoms with Crippen LogP contribution >= 0.6 is 0 Å². The second-order valence-electron chi connectivity index (χ2n) is 14.3. The SMILES string of the molecule is CCC[Si](C)(C)C1CCC(CC2CCC(CC3CCC([Si](C)(C)CCC)CC3)CC2)CC1. The summed E-state index contributed by atoms with van der Waals surface area (Å²) >= 11 is 0. The van der Waals surface area contributed by atoms with Gasteiger partial charge in [0.1, 0.15) is 0 Å². The molecule has 0 nitrogen and oxygen atoms in total. The largest absolute Gasteiger partial charge is 0.0691 e. The Labute approximate surface area is 205 Å². The van der Waals surface area contributed by atoms with Crippen LogP contribution in [0.3, 0.4) is 0 Å². The van der Waals surface area contributed by atoms with Gasteiger partial charge in [0.2, 0.25) is 0 Å². The first kappa shape index (κ1) is 27.0. The Kier molecular flexibility index (Phi) is 10.5. The molecule has 32 heavy (non-hydrogen) atoms. The third kappa shape index (κ3) is 7.72. The molecule has 0 aliphatic heterocycles. The van der Waals surface area contributed by atoms with Crippen LogP contribution in [0.25, 0.3) is 0 Å². The zero-order valence-electron chi connectivity index (χ0n) is 23.2. The molecule has 0 heterocycles. The lowest BCUT2D eigenvalue weighted by Crippen LogP contribution is -2.35. The minimum atomic E-state index is -0.932. The molecule has 2 heteroatoms. The van der Waals surface area contributed by atoms with Crippen LogP contribution in [0, 0.1) is 23.7 Å². The van der Waals surface area contributed by atoms with Crippen molar-refractivity contribution in [3.8, 4) is 0 Å². The first-order valence-corrected chi connectivity index (χ1v) is 21.8. The molecule has 188 valence electrons. The molecule has 3 fully saturated rings. The molecule has 0 unspecified atom stereocenters. The van der Waals surface area contributed by atoms with Crippen molar-refractivity contribution in [2.24, 2.45) is 23.7 Å². The van der Waals surface area contributed by atoms with Gasteiger partial charge in [-0.05, 0) is 47.6 Å². The molecule has 0 aromatic carbocycles. The van der Waals surface area contributed by atoms with Crippen molar-refractivity contribution >= 4 is 16.1 Å². The predicted molar refractivity (Wildman–Crippen MR) is 151 cm³/mol. The number of rotatable bonds is 10. The highest BCUT2D eigenvalue weighted by molar-refractivity contribution is 6.79. The Balaban J connectivity index is 1.31. The van der Waals surface area contributed by atoms with Crippen molar-refractivity contribution in [2.45, 2.75) is 166 Å². The summed E-state index contributed by atoms with van der Waals surface area (Å²) < 4.78 is 0. The first-order valence-electron chi connectivity index (χ1n) is 15.2. The van der Waals surface area contributed by atoms with E-state index in [0.717, 1.165) is 34.8 Å². The Morgan fingerprint density at radius 3 is 0.938 bits per heavy atom. The lowest BCUT2D eigenvalue weighted by atomic mass is 9.72. The maximum atomic E-state index is 2.68. The summed E-state index contributed by atoms with van der Waals surface area (Å²) in [6, 6.07) is 3.12. The first-order chi connectivity index (χ1) is 15.2. The van der Waals surface area contributed by atoms with Crippen LogP contribution in [0.4, 0.5) is 0 Å². The third-order valence-corrected chi connectivity index (χ3v) is 20.1. The number of hydrogen-bond acceptors (Lipinski definition) is 0. The molecule has 0 saturated heterocycles. The third-order valence-electron chi connectivity index (χ3n) is 11.0. The lowest BCUT2D eigenvalue weighted by Gasteiger charge is -2.40. The second kappa shape index (κ2) is 12.4. The summed E-state index contributed by atoms with van der Waals surface area (Å²) in [6.45, 7) is 15.5. The molecule has 3 aliphatic rings. The minimum Gasteiger partial charge on any atom is -0.0691 e. The minimum absolute atomic E-state index is 0.932. The molecule has 0 N–H and O–H groups in total. The molecule has 0 aromatic heterocycles. The van der Waals surface area contributed by atoms with E-state index in [1.807, 2.05) is 0 Å². The van der Waals surface area contributed by atoms with Gasteiger partial charge in [0.25, 0.3) is 0 Å². The van der Waals surface area contributed by atoms with Crippen LogP contribution < -0.4 is 0 Å². The molecular weight excluding hydrogens is 417 g/mol. The molecular formula is C30H60Si2. The van der Waals surface area contributed by atoms with Gasteiger partial charge in [-0.15, -0.1) is 0 Å². The van der Waals surface area contributed by atoms with Gasteiger partial charge in [0.15, 0.2) is 0 Å². The van der Waals surface area contributed by atoms with E-state index in [2.05, 4.69) is 40.0 Å². The van der Waals surface area contributed by atoms with Gasteiger partial charge in [-0.3, -0.25) is 0 Å². The zero-order valence-corrected chi connectivity index (χ0v) is 25.2. The molecule has 0 atom stereocenters. The summed E-state index contributed by atoms with van der Waals surface area (Å²) in [5, 5.41) is 0. The van der Waals surface area contributed by atoms with E-state index in [-0.39, 0.29) is 0 Å². The maximum absolute atomic E-state index is 2.68. The van der Waals surface area contributed by atoms with Crippen molar-refractivity contribution in [2.75, 3.05) is 0 Å². The molecule has 0 amide bonds. The smallest absolute Gasteiger partial charge is 0.0504 e. The zero-order chi connectivity index (χ0) is 23.2. The molecule has 3 aliphatic carbocycles. The highest BCUT2D eigenvalue weighted by Crippen LogP contribution is 2.47. The molecule has 0 radical (unpaired) electrons. The van der Waals surface area contributed by atoms with E-state index in [9.17, 15) is 0 Å². The molecule has 0 spiro atoms. The van der Waals surface area contributed by atoms with E-state index in [1.165, 1.54) is 12.8 Å². The van der Waals surface area contributed by atoms with Gasteiger partial charge in [-0.2, -0.15) is 0 Å². The average Bonchev–Trinajstić information content (AvgIpc) is 2.76. The second-order valence-corrected chi connectivity index (χ2v) is 24.9. The standard InChI is InChI=1S/C30H60Si2/c1-7-21-31(3,4)29-17-13-27(14-18-29)23-25-9-11-26(12-10-25)24-28-15-19-30(20-16-28)32(5,6)22-8-2/h25-30H,7-24H2,1-6H3. The Morgan fingerprint density at radius 1 is 0.438 bits per heavy atom. The maximum Gasteiger partial charge on any atom is 0.0504 e. The fraction of sp³-hybridized carbons (Fsp3) is 1.00. The van der Waals surface area contributed by atoms with E-state index in [0.29, 0.717) is 0 Å². The van der Waals surface area contributed by atoms with Crippen molar-refractivity contribution in [3.63, 3.8) is 0 Å². The summed E-state index contributed by atoms with van der Waals surface area (Å²) in [5.74, 6) is 4.35. The fourth-order valence-electron chi connectivity index (χ4n) is 8.70. The monoisotopic (exact) mass is 476 g/mol. The van der Waals surface area contributed by atoms with Crippen LogP contribution in [0.5, 0.6) is 0 Å². The Bertz CT molecular complexity index is 467. The van der Waals surface area contributed by atoms with Crippen LogP contribution in [0.2, 0.25) is 49.4 Å². The van der Waals surface area contributed by atoms with E-state index in [4.69, 9.17) is 0 Å².